The summed E-state index contributed by atoms with van der Waals surface area (Å²) in [6.45, 7) is 1.74. The molecule has 0 aliphatic carbocycles. The molecular weight excluding hydrogens is 253 g/mol. The SMILES string of the molecule is Cc1ccc(Nc2nccn2-c2ccccc2)cc1F. The van der Waals surface area contributed by atoms with Gasteiger partial charge in [-0.1, -0.05) is 24.3 Å². The molecule has 3 aromatic rings. The van der Waals surface area contributed by atoms with Gasteiger partial charge in [0.2, 0.25) is 5.95 Å². The first-order valence-electron chi connectivity index (χ1n) is 6.36. The predicted molar refractivity (Wildman–Crippen MR) is 78.0 cm³/mol. The molecule has 1 aromatic heterocycles. The Balaban J connectivity index is 1.92. The van der Waals surface area contributed by atoms with E-state index in [1.165, 1.54) is 6.07 Å². The lowest BCUT2D eigenvalue weighted by Gasteiger charge is -2.10. The van der Waals surface area contributed by atoms with E-state index in [9.17, 15) is 4.39 Å². The van der Waals surface area contributed by atoms with Gasteiger partial charge in [0.25, 0.3) is 0 Å². The van der Waals surface area contributed by atoms with Crippen molar-refractivity contribution in [1.82, 2.24) is 9.55 Å². The molecule has 100 valence electrons. The van der Waals surface area contributed by atoms with Gasteiger partial charge in [-0.15, -0.1) is 0 Å². The van der Waals surface area contributed by atoms with Crippen LogP contribution >= 0.6 is 0 Å². The summed E-state index contributed by atoms with van der Waals surface area (Å²) in [6, 6.07) is 14.9. The Kier molecular flexibility index (Phi) is 3.21. The van der Waals surface area contributed by atoms with Gasteiger partial charge < -0.3 is 5.32 Å². The number of aromatic nitrogens is 2. The van der Waals surface area contributed by atoms with Crippen molar-refractivity contribution in [2.24, 2.45) is 0 Å². The molecule has 0 aliphatic rings. The number of imidazole rings is 1. The molecule has 1 heterocycles. The molecule has 0 spiro atoms. The van der Waals surface area contributed by atoms with Gasteiger partial charge in [0.15, 0.2) is 0 Å². The second-order valence-corrected chi connectivity index (χ2v) is 4.55. The van der Waals surface area contributed by atoms with Gasteiger partial charge >= 0.3 is 0 Å². The quantitative estimate of drug-likeness (QED) is 0.775. The van der Waals surface area contributed by atoms with Gasteiger partial charge in [-0.05, 0) is 36.8 Å². The molecule has 0 amide bonds. The number of hydrogen-bond acceptors (Lipinski definition) is 2. The van der Waals surface area contributed by atoms with Crippen molar-refractivity contribution in [3.8, 4) is 5.69 Å². The molecule has 0 saturated carbocycles. The maximum Gasteiger partial charge on any atom is 0.212 e. The lowest BCUT2D eigenvalue weighted by atomic mass is 10.2. The highest BCUT2D eigenvalue weighted by Gasteiger charge is 2.06. The van der Waals surface area contributed by atoms with Gasteiger partial charge in [0.05, 0.1) is 0 Å². The highest BCUT2D eigenvalue weighted by atomic mass is 19.1. The molecule has 1 N–H and O–H groups in total. The summed E-state index contributed by atoms with van der Waals surface area (Å²) in [6.07, 6.45) is 3.57. The van der Waals surface area contributed by atoms with Gasteiger partial charge in [0, 0.05) is 23.8 Å². The van der Waals surface area contributed by atoms with Crippen molar-refractivity contribution in [3.05, 3.63) is 72.3 Å². The van der Waals surface area contributed by atoms with E-state index in [0.717, 1.165) is 5.69 Å². The Bertz CT molecular complexity index is 720. The standard InChI is InChI=1S/C16H14FN3/c1-12-7-8-13(11-15(12)17)19-16-18-9-10-20(16)14-5-3-2-4-6-14/h2-11H,1H3,(H,18,19). The Hall–Kier alpha value is -2.62. The highest BCUT2D eigenvalue weighted by Crippen LogP contribution is 2.20. The molecule has 20 heavy (non-hydrogen) atoms. The maximum atomic E-state index is 13.6. The van der Waals surface area contributed by atoms with E-state index in [1.807, 2.05) is 47.2 Å². The first kappa shape index (κ1) is 12.4. The fourth-order valence-electron chi connectivity index (χ4n) is 1.99. The van der Waals surface area contributed by atoms with E-state index < -0.39 is 0 Å². The van der Waals surface area contributed by atoms with Crippen molar-refractivity contribution >= 4 is 11.6 Å². The van der Waals surface area contributed by atoms with Crippen LogP contribution < -0.4 is 5.32 Å². The van der Waals surface area contributed by atoms with Gasteiger partial charge in [0.1, 0.15) is 5.82 Å². The van der Waals surface area contributed by atoms with E-state index in [2.05, 4.69) is 10.3 Å². The minimum atomic E-state index is -0.229. The molecular formula is C16H14FN3. The molecule has 0 bridgehead atoms. The number of halogens is 1. The first-order valence-corrected chi connectivity index (χ1v) is 6.36. The average Bonchev–Trinajstić information content (AvgIpc) is 2.92. The number of rotatable bonds is 3. The maximum absolute atomic E-state index is 13.6. The number of aryl methyl sites for hydroxylation is 1. The van der Waals surface area contributed by atoms with Crippen LogP contribution in [0.4, 0.5) is 16.0 Å². The van der Waals surface area contributed by atoms with Crippen molar-refractivity contribution in [2.45, 2.75) is 6.92 Å². The number of nitrogens with one attached hydrogen (secondary N) is 1. The molecule has 3 nitrogen and oxygen atoms in total. The van der Waals surface area contributed by atoms with E-state index in [0.29, 0.717) is 17.2 Å². The second kappa shape index (κ2) is 5.17. The van der Waals surface area contributed by atoms with Crippen LogP contribution in [-0.2, 0) is 0 Å². The molecule has 0 unspecified atom stereocenters. The number of hydrogen-bond donors (Lipinski definition) is 1. The zero-order chi connectivity index (χ0) is 13.9. The highest BCUT2D eigenvalue weighted by molar-refractivity contribution is 5.56. The normalized spacial score (nSPS) is 10.5. The summed E-state index contributed by atoms with van der Waals surface area (Å²) >= 11 is 0. The Labute approximate surface area is 116 Å². The van der Waals surface area contributed by atoms with Crippen molar-refractivity contribution in [3.63, 3.8) is 0 Å². The van der Waals surface area contributed by atoms with Crippen LogP contribution in [-0.4, -0.2) is 9.55 Å². The zero-order valence-electron chi connectivity index (χ0n) is 11.0. The van der Waals surface area contributed by atoms with Gasteiger partial charge in [-0.25, -0.2) is 9.37 Å². The Morgan fingerprint density at radius 1 is 1.10 bits per heavy atom. The molecule has 0 aliphatic heterocycles. The molecule has 0 saturated heterocycles. The molecule has 0 atom stereocenters. The van der Waals surface area contributed by atoms with Crippen molar-refractivity contribution in [2.75, 3.05) is 5.32 Å². The van der Waals surface area contributed by atoms with Crippen LogP contribution in [0.1, 0.15) is 5.56 Å². The summed E-state index contributed by atoms with van der Waals surface area (Å²) in [5.41, 5.74) is 2.30. The summed E-state index contributed by atoms with van der Waals surface area (Å²) < 4.78 is 15.5. The van der Waals surface area contributed by atoms with Crippen LogP contribution in [0.25, 0.3) is 5.69 Å². The number of benzene rings is 2. The third kappa shape index (κ3) is 2.40. The smallest absolute Gasteiger partial charge is 0.212 e. The topological polar surface area (TPSA) is 29.9 Å². The second-order valence-electron chi connectivity index (χ2n) is 4.55. The van der Waals surface area contributed by atoms with Gasteiger partial charge in [-0.2, -0.15) is 0 Å². The number of anilines is 2. The first-order chi connectivity index (χ1) is 9.74. The van der Waals surface area contributed by atoms with Crippen LogP contribution in [0.2, 0.25) is 0 Å². The summed E-state index contributed by atoms with van der Waals surface area (Å²) in [5, 5.41) is 3.13. The number of nitrogens with zero attached hydrogens (tertiary/aromatic N) is 2. The van der Waals surface area contributed by atoms with Crippen molar-refractivity contribution in [1.29, 1.82) is 0 Å². The number of para-hydroxylation sites is 1. The fraction of sp³-hybridized carbons (Fsp3) is 0.0625. The minimum Gasteiger partial charge on any atom is -0.325 e. The lowest BCUT2D eigenvalue weighted by Crippen LogP contribution is -2.01. The van der Waals surface area contributed by atoms with E-state index in [4.69, 9.17) is 0 Å². The summed E-state index contributed by atoms with van der Waals surface area (Å²) in [4.78, 5) is 4.27. The van der Waals surface area contributed by atoms with Crippen LogP contribution in [0.3, 0.4) is 0 Å². The minimum absolute atomic E-state index is 0.229. The third-order valence-electron chi connectivity index (χ3n) is 3.10. The average molecular weight is 267 g/mol. The fourth-order valence-corrected chi connectivity index (χ4v) is 1.99. The van der Waals surface area contributed by atoms with Crippen LogP contribution in [0.5, 0.6) is 0 Å². The van der Waals surface area contributed by atoms with Crippen molar-refractivity contribution < 1.29 is 4.39 Å². The summed E-state index contributed by atoms with van der Waals surface area (Å²) in [5.74, 6) is 0.423. The van der Waals surface area contributed by atoms with E-state index in [1.54, 1.807) is 19.2 Å². The molecule has 2 aromatic carbocycles. The molecule has 0 radical (unpaired) electrons. The van der Waals surface area contributed by atoms with Crippen LogP contribution in [0, 0.1) is 12.7 Å². The molecule has 4 heteroatoms. The predicted octanol–water partition coefficient (Wildman–Crippen LogP) is 4.06. The van der Waals surface area contributed by atoms with Crippen LogP contribution in [0.15, 0.2) is 60.9 Å². The monoisotopic (exact) mass is 267 g/mol. The van der Waals surface area contributed by atoms with E-state index >= 15 is 0 Å². The van der Waals surface area contributed by atoms with Gasteiger partial charge in [-0.3, -0.25) is 4.57 Å². The lowest BCUT2D eigenvalue weighted by molar-refractivity contribution is 0.619. The third-order valence-corrected chi connectivity index (χ3v) is 3.10. The summed E-state index contributed by atoms with van der Waals surface area (Å²) in [7, 11) is 0. The Morgan fingerprint density at radius 3 is 2.65 bits per heavy atom. The molecule has 3 rings (SSSR count). The molecule has 0 fully saturated rings. The largest absolute Gasteiger partial charge is 0.325 e. The zero-order valence-corrected chi connectivity index (χ0v) is 11.0. The van der Waals surface area contributed by atoms with E-state index in [-0.39, 0.29) is 5.82 Å². The Morgan fingerprint density at radius 2 is 1.90 bits per heavy atom.